The van der Waals surface area contributed by atoms with Gasteiger partial charge in [0.1, 0.15) is 0 Å². The molecule has 0 amide bonds. The molecule has 3 heteroatoms. The van der Waals surface area contributed by atoms with Crippen LogP contribution in [0.2, 0.25) is 0 Å². The summed E-state index contributed by atoms with van der Waals surface area (Å²) in [6.07, 6.45) is 11.0. The monoisotopic (exact) mass is 561 g/mol. The number of fused-ring (bicyclic) bond motifs is 3. The van der Waals surface area contributed by atoms with Gasteiger partial charge in [0.15, 0.2) is 0 Å². The summed E-state index contributed by atoms with van der Waals surface area (Å²) < 4.78 is 0. The summed E-state index contributed by atoms with van der Waals surface area (Å²) in [5, 5.41) is 0. The van der Waals surface area contributed by atoms with Crippen molar-refractivity contribution in [2.45, 2.75) is 12.8 Å². The SMILES string of the molecule is Cl.Cl.[C-]1=CC=CC1.[CH3-].[Zr].[c-]1cccc2c1Cc1ccccc1-2.[c-]1ccccc1.[c-]1ccccc1. The molecule has 0 aliphatic heterocycles. The Morgan fingerprint density at radius 3 is 1.65 bits per heavy atom. The van der Waals surface area contributed by atoms with Crippen molar-refractivity contribution in [3.63, 3.8) is 0 Å². The van der Waals surface area contributed by atoms with Gasteiger partial charge in [0.2, 0.25) is 0 Å². The van der Waals surface area contributed by atoms with E-state index < -0.39 is 0 Å². The Hall–Kier alpha value is -2.18. The van der Waals surface area contributed by atoms with Gasteiger partial charge >= 0.3 is 0 Å². The molecule has 2 aliphatic carbocycles. The van der Waals surface area contributed by atoms with Crippen LogP contribution in [0.3, 0.4) is 0 Å². The Morgan fingerprint density at radius 1 is 0.618 bits per heavy atom. The molecule has 4 aromatic rings. The zero-order valence-electron chi connectivity index (χ0n) is 19.3. The van der Waals surface area contributed by atoms with Crippen molar-refractivity contribution < 1.29 is 26.2 Å². The van der Waals surface area contributed by atoms with Crippen LogP contribution in [-0.2, 0) is 32.6 Å². The average molecular weight is 564 g/mol. The van der Waals surface area contributed by atoms with Crippen LogP contribution in [-0.4, -0.2) is 0 Å². The summed E-state index contributed by atoms with van der Waals surface area (Å²) >= 11 is 0. The van der Waals surface area contributed by atoms with Crippen LogP contribution < -0.4 is 0 Å². The largest absolute Gasteiger partial charge is 0.358 e. The van der Waals surface area contributed by atoms with Gasteiger partial charge in [-0.25, -0.2) is 12.2 Å². The third-order valence-corrected chi connectivity index (χ3v) is 4.42. The number of rotatable bonds is 0. The standard InChI is InChI=1S/C13H9.2C6H5.C5H5.CH3.2ClH.Zr/c1-3-7-12-10(5-1)9-11-6-2-4-8-13(11)12;2*1-2-4-6-5-3-1;1-2-4-5-3-1;;;;/h1-5,7-8H,9H2;2*1-5H;1-3H,4H2;1H3;2*1H;/q5*-1;;;. The molecule has 2 aliphatic rings. The normalized spacial score (nSPS) is 10.1. The molecule has 0 nitrogen and oxygen atoms in total. The summed E-state index contributed by atoms with van der Waals surface area (Å²) in [6, 6.07) is 43.1. The van der Waals surface area contributed by atoms with E-state index in [9.17, 15) is 0 Å². The van der Waals surface area contributed by atoms with Crippen molar-refractivity contribution in [1.29, 1.82) is 0 Å². The maximum atomic E-state index is 3.30. The molecule has 34 heavy (non-hydrogen) atoms. The van der Waals surface area contributed by atoms with Gasteiger partial charge in [0, 0.05) is 26.2 Å². The minimum Gasteiger partial charge on any atom is -0.358 e. The number of hydrogen-bond donors (Lipinski definition) is 0. The van der Waals surface area contributed by atoms with Crippen LogP contribution >= 0.6 is 24.8 Å². The quantitative estimate of drug-likeness (QED) is 0.166. The van der Waals surface area contributed by atoms with E-state index in [1.54, 1.807) is 0 Å². The molecule has 0 saturated carbocycles. The summed E-state index contributed by atoms with van der Waals surface area (Å²) in [6.45, 7) is 0. The molecular formula is C31H29Cl2Zr-5. The predicted molar refractivity (Wildman–Crippen MR) is 147 cm³/mol. The summed E-state index contributed by atoms with van der Waals surface area (Å²) in [7, 11) is 0. The van der Waals surface area contributed by atoms with E-state index in [0.29, 0.717) is 0 Å². The fraction of sp³-hybridized carbons (Fsp3) is 0.0645. The number of benzene rings is 4. The second-order valence-corrected chi connectivity index (χ2v) is 6.55. The van der Waals surface area contributed by atoms with Crippen LogP contribution in [0.5, 0.6) is 0 Å². The van der Waals surface area contributed by atoms with Crippen molar-refractivity contribution in [3.05, 3.63) is 164 Å². The zero-order chi connectivity index (χ0) is 20.7. The summed E-state index contributed by atoms with van der Waals surface area (Å²) in [4.78, 5) is 0. The Labute approximate surface area is 237 Å². The second-order valence-electron chi connectivity index (χ2n) is 6.55. The van der Waals surface area contributed by atoms with Gasteiger partial charge in [0.25, 0.3) is 0 Å². The number of allylic oxidation sites excluding steroid dienone is 4. The van der Waals surface area contributed by atoms with Crippen molar-refractivity contribution >= 4 is 24.8 Å². The van der Waals surface area contributed by atoms with E-state index in [2.05, 4.69) is 66.7 Å². The van der Waals surface area contributed by atoms with E-state index >= 15 is 0 Å². The van der Waals surface area contributed by atoms with Crippen LogP contribution in [0, 0.1) is 31.7 Å². The Bertz CT molecular complexity index is 907. The van der Waals surface area contributed by atoms with Crippen LogP contribution in [0.15, 0.2) is 121 Å². The van der Waals surface area contributed by atoms with Crippen molar-refractivity contribution in [1.82, 2.24) is 0 Å². The first-order valence-electron chi connectivity index (χ1n) is 10.1. The van der Waals surface area contributed by atoms with Gasteiger partial charge in [0.05, 0.1) is 0 Å². The molecular weight excluding hydrogens is 534 g/mol. The van der Waals surface area contributed by atoms with Crippen molar-refractivity contribution in [2.24, 2.45) is 0 Å². The van der Waals surface area contributed by atoms with Gasteiger partial charge in [-0.15, -0.1) is 36.8 Å². The summed E-state index contributed by atoms with van der Waals surface area (Å²) in [5.74, 6) is 0. The van der Waals surface area contributed by atoms with Gasteiger partial charge in [-0.3, -0.25) is 6.08 Å². The first-order chi connectivity index (χ1) is 14.9. The third kappa shape index (κ3) is 12.3. The molecule has 176 valence electrons. The Balaban J connectivity index is 0. The van der Waals surface area contributed by atoms with Crippen molar-refractivity contribution in [2.75, 3.05) is 0 Å². The van der Waals surface area contributed by atoms with E-state index in [0.717, 1.165) is 12.8 Å². The molecule has 6 rings (SSSR count). The summed E-state index contributed by atoms with van der Waals surface area (Å²) in [5.41, 5.74) is 5.51. The molecule has 0 N–H and O–H groups in total. The zero-order valence-corrected chi connectivity index (χ0v) is 23.4. The van der Waals surface area contributed by atoms with Crippen LogP contribution in [0.1, 0.15) is 17.5 Å². The first-order valence-corrected chi connectivity index (χ1v) is 10.1. The molecule has 4 aromatic carbocycles. The molecule has 0 heterocycles. The molecule has 0 atom stereocenters. The maximum absolute atomic E-state index is 3.30. The second kappa shape index (κ2) is 21.4. The molecule has 0 aromatic heterocycles. The van der Waals surface area contributed by atoms with E-state index in [1.807, 2.05) is 78.9 Å². The molecule has 0 saturated heterocycles. The predicted octanol–water partition coefficient (Wildman–Crippen LogP) is 8.63. The minimum atomic E-state index is 0. The Morgan fingerprint density at radius 2 is 1.21 bits per heavy atom. The molecule has 0 spiro atoms. The first kappa shape index (κ1) is 34.0. The molecule has 0 fully saturated rings. The van der Waals surface area contributed by atoms with Gasteiger partial charge in [-0.1, -0.05) is 35.4 Å². The fourth-order valence-electron chi connectivity index (χ4n) is 3.02. The average Bonchev–Trinajstić information content (AvgIpc) is 3.54. The minimum absolute atomic E-state index is 0. The van der Waals surface area contributed by atoms with Crippen LogP contribution in [0.25, 0.3) is 11.1 Å². The van der Waals surface area contributed by atoms with Gasteiger partial charge in [-0.2, -0.15) is 109 Å². The molecule has 0 bridgehead atoms. The maximum Gasteiger partial charge on any atom is 0 e. The molecule has 0 unspecified atom stereocenters. The van der Waals surface area contributed by atoms with Gasteiger partial charge in [-0.05, 0) is 6.42 Å². The van der Waals surface area contributed by atoms with Gasteiger partial charge < -0.3 is 7.43 Å². The third-order valence-electron chi connectivity index (χ3n) is 4.42. The smallest absolute Gasteiger partial charge is 0 e. The number of hydrogen-bond acceptors (Lipinski definition) is 0. The van der Waals surface area contributed by atoms with Crippen LogP contribution in [0.4, 0.5) is 0 Å². The van der Waals surface area contributed by atoms with E-state index in [1.165, 1.54) is 22.3 Å². The number of halogens is 2. The van der Waals surface area contributed by atoms with Crippen molar-refractivity contribution in [3.8, 4) is 11.1 Å². The Kier molecular flexibility index (Phi) is 21.4. The molecule has 0 radical (unpaired) electrons. The van der Waals surface area contributed by atoms with E-state index in [-0.39, 0.29) is 58.4 Å². The topological polar surface area (TPSA) is 0 Å². The fourth-order valence-corrected chi connectivity index (χ4v) is 3.02. The van der Waals surface area contributed by atoms with E-state index in [4.69, 9.17) is 0 Å².